The zero-order valence-corrected chi connectivity index (χ0v) is 13.5. The van der Waals surface area contributed by atoms with Crippen molar-refractivity contribution >= 4 is 5.82 Å². The molecule has 0 aromatic carbocycles. The van der Waals surface area contributed by atoms with Crippen molar-refractivity contribution in [2.24, 2.45) is 0 Å². The number of terminal acetylenes is 1. The van der Waals surface area contributed by atoms with E-state index in [1.165, 1.54) is 5.56 Å². The first-order valence-corrected chi connectivity index (χ1v) is 7.25. The Morgan fingerprint density at radius 1 is 1.35 bits per heavy atom. The highest BCUT2D eigenvalue weighted by atomic mass is 15.2. The lowest BCUT2D eigenvalue weighted by Gasteiger charge is -2.23. The maximum atomic E-state index is 5.40. The van der Waals surface area contributed by atoms with Crippen LogP contribution in [-0.2, 0) is 12.0 Å². The molecular weight excluding hydrogens is 246 g/mol. The molecule has 0 amide bonds. The summed E-state index contributed by atoms with van der Waals surface area (Å²) in [5.74, 6) is 3.61. The number of pyridine rings is 1. The lowest BCUT2D eigenvalue weighted by molar-refractivity contribution is 0.566. The van der Waals surface area contributed by atoms with Crippen LogP contribution in [0.2, 0.25) is 0 Å². The number of aromatic nitrogens is 1. The van der Waals surface area contributed by atoms with Gasteiger partial charge in [0, 0.05) is 24.7 Å². The molecule has 1 heterocycles. The summed E-state index contributed by atoms with van der Waals surface area (Å²) in [7, 11) is 1.98. The van der Waals surface area contributed by atoms with Gasteiger partial charge in [-0.25, -0.2) is 4.98 Å². The van der Waals surface area contributed by atoms with E-state index in [-0.39, 0.29) is 5.41 Å². The molecule has 1 rings (SSSR count). The Kier molecular flexibility index (Phi) is 6.04. The largest absolute Gasteiger partial charge is 0.349 e. The summed E-state index contributed by atoms with van der Waals surface area (Å²) in [5.41, 5.74) is 2.40. The van der Waals surface area contributed by atoms with Crippen LogP contribution in [0.1, 0.15) is 45.4 Å². The van der Waals surface area contributed by atoms with Crippen LogP contribution < -0.4 is 10.2 Å². The zero-order valence-electron chi connectivity index (χ0n) is 13.5. The van der Waals surface area contributed by atoms with Crippen LogP contribution in [-0.4, -0.2) is 25.1 Å². The molecule has 0 saturated carbocycles. The van der Waals surface area contributed by atoms with Gasteiger partial charge >= 0.3 is 0 Å². The number of hydrogen-bond donors (Lipinski definition) is 1. The Labute approximate surface area is 123 Å². The number of anilines is 1. The van der Waals surface area contributed by atoms with Crippen molar-refractivity contribution in [3.05, 3.63) is 23.4 Å². The van der Waals surface area contributed by atoms with E-state index in [9.17, 15) is 0 Å². The van der Waals surface area contributed by atoms with Gasteiger partial charge in [-0.15, -0.1) is 6.42 Å². The molecule has 1 aromatic rings. The van der Waals surface area contributed by atoms with Crippen molar-refractivity contribution in [2.75, 3.05) is 25.0 Å². The molecule has 3 nitrogen and oxygen atoms in total. The van der Waals surface area contributed by atoms with E-state index < -0.39 is 0 Å². The van der Waals surface area contributed by atoms with Crippen molar-refractivity contribution in [3.63, 3.8) is 0 Å². The van der Waals surface area contributed by atoms with Gasteiger partial charge in [0.25, 0.3) is 0 Å². The third-order valence-electron chi connectivity index (χ3n) is 3.12. The second-order valence-corrected chi connectivity index (χ2v) is 6.21. The average molecular weight is 273 g/mol. The first-order valence-electron chi connectivity index (χ1n) is 7.25. The molecule has 0 saturated heterocycles. The molecule has 0 unspecified atom stereocenters. The molecular formula is C17H27N3. The van der Waals surface area contributed by atoms with Crippen molar-refractivity contribution in [1.29, 1.82) is 0 Å². The Morgan fingerprint density at radius 2 is 2.05 bits per heavy atom. The Balaban J connectivity index is 3.05. The second-order valence-electron chi connectivity index (χ2n) is 6.21. The van der Waals surface area contributed by atoms with Gasteiger partial charge in [-0.05, 0) is 30.7 Å². The fourth-order valence-corrected chi connectivity index (χ4v) is 1.88. The molecule has 0 aliphatic carbocycles. The monoisotopic (exact) mass is 273 g/mol. The van der Waals surface area contributed by atoms with Crippen LogP contribution in [0, 0.1) is 12.3 Å². The van der Waals surface area contributed by atoms with Crippen LogP contribution >= 0.6 is 0 Å². The summed E-state index contributed by atoms with van der Waals surface area (Å²) in [6, 6.07) is 4.31. The van der Waals surface area contributed by atoms with Gasteiger partial charge in [0.15, 0.2) is 0 Å². The lowest BCUT2D eigenvalue weighted by atomic mass is 9.90. The molecule has 1 N–H and O–H groups in total. The van der Waals surface area contributed by atoms with E-state index >= 15 is 0 Å². The van der Waals surface area contributed by atoms with Gasteiger partial charge in [-0.3, -0.25) is 0 Å². The predicted octanol–water partition coefficient (Wildman–Crippen LogP) is 2.95. The summed E-state index contributed by atoms with van der Waals surface area (Å²) in [4.78, 5) is 6.77. The van der Waals surface area contributed by atoms with E-state index in [4.69, 9.17) is 11.4 Å². The summed E-state index contributed by atoms with van der Waals surface area (Å²) < 4.78 is 0. The van der Waals surface area contributed by atoms with E-state index in [2.05, 4.69) is 51.1 Å². The smallest absolute Gasteiger partial charge is 0.129 e. The number of nitrogens with one attached hydrogen (secondary N) is 1. The Bertz CT molecular complexity index is 466. The van der Waals surface area contributed by atoms with E-state index in [0.29, 0.717) is 6.54 Å². The van der Waals surface area contributed by atoms with Crippen LogP contribution in [0.3, 0.4) is 0 Å². The van der Waals surface area contributed by atoms with Crippen molar-refractivity contribution in [3.8, 4) is 12.3 Å². The molecule has 110 valence electrons. The molecule has 0 fully saturated rings. The highest BCUT2D eigenvalue weighted by molar-refractivity contribution is 5.44. The molecule has 20 heavy (non-hydrogen) atoms. The molecule has 0 bridgehead atoms. The minimum Gasteiger partial charge on any atom is -0.349 e. The van der Waals surface area contributed by atoms with Crippen LogP contribution in [0.25, 0.3) is 0 Å². The minimum absolute atomic E-state index is 0.0342. The standard InChI is InChI=1S/C17H27N3/c1-7-9-18-13-14-11-15(17(3,4)5)19-16(12-14)20(6)10-8-2/h2,11-12,18H,7,9-10,13H2,1,3-6H3. The maximum absolute atomic E-state index is 5.40. The van der Waals surface area contributed by atoms with Crippen LogP contribution in [0.5, 0.6) is 0 Å². The van der Waals surface area contributed by atoms with Crippen LogP contribution in [0.15, 0.2) is 12.1 Å². The van der Waals surface area contributed by atoms with Gasteiger partial charge in [-0.2, -0.15) is 0 Å². The molecule has 0 aliphatic heterocycles. The SMILES string of the molecule is C#CCN(C)c1cc(CNCCC)cc(C(C)(C)C)n1. The van der Waals surface area contributed by atoms with Gasteiger partial charge in [0.05, 0.1) is 6.54 Å². The van der Waals surface area contributed by atoms with Gasteiger partial charge in [0.1, 0.15) is 5.82 Å². The van der Waals surface area contributed by atoms with Gasteiger partial charge in [-0.1, -0.05) is 33.6 Å². The van der Waals surface area contributed by atoms with E-state index in [1.807, 2.05) is 11.9 Å². The first kappa shape index (κ1) is 16.5. The van der Waals surface area contributed by atoms with Gasteiger partial charge in [0.2, 0.25) is 0 Å². The molecule has 0 atom stereocenters. The summed E-state index contributed by atoms with van der Waals surface area (Å²) >= 11 is 0. The Hall–Kier alpha value is -1.53. The molecule has 0 aliphatic rings. The quantitative estimate of drug-likeness (QED) is 0.638. The van der Waals surface area contributed by atoms with Crippen LogP contribution in [0.4, 0.5) is 5.82 Å². The molecule has 0 radical (unpaired) electrons. The normalized spacial score (nSPS) is 11.2. The van der Waals surface area contributed by atoms with E-state index in [0.717, 1.165) is 31.0 Å². The zero-order chi connectivity index (χ0) is 15.2. The number of hydrogen-bond acceptors (Lipinski definition) is 3. The number of rotatable bonds is 6. The van der Waals surface area contributed by atoms with Crippen molar-refractivity contribution in [2.45, 2.75) is 46.1 Å². The highest BCUT2D eigenvalue weighted by Gasteiger charge is 2.18. The molecule has 1 aromatic heterocycles. The fraction of sp³-hybridized carbons (Fsp3) is 0.588. The van der Waals surface area contributed by atoms with Crippen molar-refractivity contribution in [1.82, 2.24) is 10.3 Å². The highest BCUT2D eigenvalue weighted by Crippen LogP contribution is 2.24. The molecule has 0 spiro atoms. The summed E-state index contributed by atoms with van der Waals surface area (Å²) in [6.07, 6.45) is 6.54. The fourth-order valence-electron chi connectivity index (χ4n) is 1.88. The topological polar surface area (TPSA) is 28.2 Å². The predicted molar refractivity (Wildman–Crippen MR) is 87.0 cm³/mol. The summed E-state index contributed by atoms with van der Waals surface area (Å²) in [6.45, 7) is 11.2. The van der Waals surface area contributed by atoms with Gasteiger partial charge < -0.3 is 10.2 Å². The Morgan fingerprint density at radius 3 is 2.60 bits per heavy atom. The first-order chi connectivity index (χ1) is 9.38. The lowest BCUT2D eigenvalue weighted by Crippen LogP contribution is -2.23. The molecule has 3 heteroatoms. The average Bonchev–Trinajstić information content (AvgIpc) is 2.38. The third-order valence-corrected chi connectivity index (χ3v) is 3.12. The second kappa shape index (κ2) is 7.31. The maximum Gasteiger partial charge on any atom is 0.129 e. The minimum atomic E-state index is 0.0342. The number of nitrogens with zero attached hydrogens (tertiary/aromatic N) is 2. The summed E-state index contributed by atoms with van der Waals surface area (Å²) in [5, 5.41) is 3.44. The van der Waals surface area contributed by atoms with Crippen molar-refractivity contribution < 1.29 is 0 Å². The third kappa shape index (κ3) is 4.86. The van der Waals surface area contributed by atoms with E-state index in [1.54, 1.807) is 0 Å².